The second-order valence-electron chi connectivity index (χ2n) is 7.28. The number of halogens is 5. The van der Waals surface area contributed by atoms with E-state index in [1.807, 2.05) is 0 Å². The standard InChI is InChI=1S/C20H17BrF4N4O/c1-9(12-3-2-4-13(16(12)23)18(24)25)28-19-14-7-29(11-5-10(22)6-11)20(30)15(21)17(14)26-8-27-19/h2-4,7-11,18H,5-6H2,1H3,(H,26,27,28)/t9-,10?,11?/m0/s1. The van der Waals surface area contributed by atoms with Gasteiger partial charge in [-0.15, -0.1) is 0 Å². The van der Waals surface area contributed by atoms with Gasteiger partial charge in [0, 0.05) is 17.8 Å². The SMILES string of the molecule is C[C@H](Nc1ncnc2c(Br)c(=O)n(C3CC(F)C3)cc12)c1cccc(C(F)F)c1F. The number of fused-ring (bicyclic) bond motifs is 1. The molecule has 1 aliphatic carbocycles. The maximum Gasteiger partial charge on any atom is 0.267 e. The van der Waals surface area contributed by atoms with Gasteiger partial charge in [0.1, 0.15) is 28.6 Å². The van der Waals surface area contributed by atoms with Crippen LogP contribution >= 0.6 is 15.9 Å². The molecular weight excluding hydrogens is 468 g/mol. The van der Waals surface area contributed by atoms with Gasteiger partial charge in [0.15, 0.2) is 0 Å². The smallest absolute Gasteiger partial charge is 0.267 e. The Bertz CT molecular complexity index is 1160. The predicted molar refractivity (Wildman–Crippen MR) is 108 cm³/mol. The molecule has 1 saturated carbocycles. The highest BCUT2D eigenvalue weighted by molar-refractivity contribution is 9.10. The summed E-state index contributed by atoms with van der Waals surface area (Å²) in [6.07, 6.45) is -0.568. The van der Waals surface area contributed by atoms with Crippen LogP contribution in [-0.2, 0) is 0 Å². The van der Waals surface area contributed by atoms with Crippen LogP contribution < -0.4 is 10.9 Å². The molecule has 4 rings (SSSR count). The van der Waals surface area contributed by atoms with E-state index in [1.165, 1.54) is 23.0 Å². The average Bonchev–Trinajstić information content (AvgIpc) is 2.68. The van der Waals surface area contributed by atoms with Crippen molar-refractivity contribution in [1.29, 1.82) is 0 Å². The summed E-state index contributed by atoms with van der Waals surface area (Å²) in [5.41, 5.74) is -0.589. The molecule has 5 nitrogen and oxygen atoms in total. The van der Waals surface area contributed by atoms with Crippen molar-refractivity contribution in [3.63, 3.8) is 0 Å². The molecule has 158 valence electrons. The Kier molecular flexibility index (Phi) is 5.52. The van der Waals surface area contributed by atoms with Gasteiger partial charge >= 0.3 is 0 Å². The zero-order chi connectivity index (χ0) is 21.6. The van der Waals surface area contributed by atoms with Gasteiger partial charge in [-0.05, 0) is 35.7 Å². The molecule has 0 saturated heterocycles. The van der Waals surface area contributed by atoms with Crippen LogP contribution in [0.25, 0.3) is 10.9 Å². The molecule has 1 aliphatic rings. The zero-order valence-electron chi connectivity index (χ0n) is 15.8. The second-order valence-corrected chi connectivity index (χ2v) is 8.07. The van der Waals surface area contributed by atoms with Crippen molar-refractivity contribution in [2.45, 2.75) is 44.4 Å². The molecule has 2 heterocycles. The Morgan fingerprint density at radius 3 is 2.60 bits per heavy atom. The summed E-state index contributed by atoms with van der Waals surface area (Å²) in [4.78, 5) is 20.9. The molecule has 0 unspecified atom stereocenters. The largest absolute Gasteiger partial charge is 0.363 e. The molecule has 0 radical (unpaired) electrons. The molecule has 0 aliphatic heterocycles. The first-order valence-electron chi connectivity index (χ1n) is 9.30. The van der Waals surface area contributed by atoms with Crippen LogP contribution in [0.3, 0.4) is 0 Å². The van der Waals surface area contributed by atoms with Crippen molar-refractivity contribution in [2.24, 2.45) is 0 Å². The Labute approximate surface area is 177 Å². The quantitative estimate of drug-likeness (QED) is 0.487. The molecule has 1 N–H and O–H groups in total. The Balaban J connectivity index is 1.75. The highest BCUT2D eigenvalue weighted by Crippen LogP contribution is 2.36. The number of alkyl halides is 3. The van der Waals surface area contributed by atoms with Gasteiger partial charge in [-0.2, -0.15) is 0 Å². The third-order valence-corrected chi connectivity index (χ3v) is 6.06. The highest BCUT2D eigenvalue weighted by atomic mass is 79.9. The predicted octanol–water partition coefficient (Wildman–Crippen LogP) is 5.48. The first-order valence-corrected chi connectivity index (χ1v) is 10.1. The number of pyridine rings is 1. The fraction of sp³-hybridized carbons (Fsp3) is 0.350. The monoisotopic (exact) mass is 484 g/mol. The topological polar surface area (TPSA) is 59.8 Å². The molecule has 1 atom stereocenters. The lowest BCUT2D eigenvalue weighted by atomic mass is 9.90. The summed E-state index contributed by atoms with van der Waals surface area (Å²) >= 11 is 3.26. The first-order chi connectivity index (χ1) is 14.3. The van der Waals surface area contributed by atoms with E-state index in [0.717, 1.165) is 6.07 Å². The second kappa shape index (κ2) is 7.98. The third-order valence-electron chi connectivity index (χ3n) is 5.34. The van der Waals surface area contributed by atoms with Crippen molar-refractivity contribution in [1.82, 2.24) is 14.5 Å². The fourth-order valence-electron chi connectivity index (χ4n) is 3.59. The summed E-state index contributed by atoms with van der Waals surface area (Å²) in [6, 6.07) is 2.87. The first kappa shape index (κ1) is 20.8. The van der Waals surface area contributed by atoms with Gasteiger partial charge in [-0.3, -0.25) is 4.79 Å². The maximum absolute atomic E-state index is 14.5. The number of nitrogens with one attached hydrogen (secondary N) is 1. The van der Waals surface area contributed by atoms with Crippen LogP contribution in [0, 0.1) is 5.82 Å². The minimum Gasteiger partial charge on any atom is -0.363 e. The number of hydrogen-bond acceptors (Lipinski definition) is 4. The van der Waals surface area contributed by atoms with Gasteiger partial charge < -0.3 is 9.88 Å². The highest BCUT2D eigenvalue weighted by Gasteiger charge is 2.32. The van der Waals surface area contributed by atoms with E-state index in [1.54, 1.807) is 13.1 Å². The van der Waals surface area contributed by atoms with Crippen LogP contribution in [0.5, 0.6) is 0 Å². The van der Waals surface area contributed by atoms with Crippen LogP contribution in [0.15, 0.2) is 40.0 Å². The van der Waals surface area contributed by atoms with E-state index < -0.39 is 30.0 Å². The van der Waals surface area contributed by atoms with E-state index in [9.17, 15) is 22.4 Å². The Morgan fingerprint density at radius 2 is 1.93 bits per heavy atom. The van der Waals surface area contributed by atoms with E-state index in [4.69, 9.17) is 0 Å². The van der Waals surface area contributed by atoms with Crippen LogP contribution in [-0.4, -0.2) is 20.7 Å². The lowest BCUT2D eigenvalue weighted by Gasteiger charge is -2.31. The molecule has 10 heteroatoms. The molecule has 1 fully saturated rings. The van der Waals surface area contributed by atoms with Crippen LogP contribution in [0.2, 0.25) is 0 Å². The number of aromatic nitrogens is 3. The normalized spacial score (nSPS) is 19.7. The van der Waals surface area contributed by atoms with Crippen molar-refractivity contribution >= 4 is 32.7 Å². The Hall–Kier alpha value is -2.49. The molecule has 0 bridgehead atoms. The molecular formula is C20H17BrF4N4O. The summed E-state index contributed by atoms with van der Waals surface area (Å²) in [5, 5.41) is 3.50. The molecule has 1 aromatic carbocycles. The van der Waals surface area contributed by atoms with Crippen molar-refractivity contribution in [2.75, 3.05) is 5.32 Å². The van der Waals surface area contributed by atoms with Crippen molar-refractivity contribution in [3.05, 3.63) is 62.5 Å². The van der Waals surface area contributed by atoms with E-state index in [-0.39, 0.29) is 34.5 Å². The third kappa shape index (κ3) is 3.57. The van der Waals surface area contributed by atoms with Crippen LogP contribution in [0.1, 0.15) is 49.4 Å². The van der Waals surface area contributed by atoms with Crippen molar-refractivity contribution < 1.29 is 17.6 Å². The lowest BCUT2D eigenvalue weighted by Crippen LogP contribution is -2.35. The maximum atomic E-state index is 14.5. The zero-order valence-corrected chi connectivity index (χ0v) is 17.3. The van der Waals surface area contributed by atoms with Crippen molar-refractivity contribution in [3.8, 4) is 0 Å². The van der Waals surface area contributed by atoms with E-state index in [2.05, 4.69) is 31.2 Å². The van der Waals surface area contributed by atoms with Crippen LogP contribution in [0.4, 0.5) is 23.4 Å². The lowest BCUT2D eigenvalue weighted by molar-refractivity contribution is 0.134. The summed E-state index contributed by atoms with van der Waals surface area (Å²) in [7, 11) is 0. The van der Waals surface area contributed by atoms with Gasteiger partial charge in [0.05, 0.1) is 22.5 Å². The molecule has 0 amide bonds. The molecule has 2 aromatic heterocycles. The number of benzene rings is 1. The minimum atomic E-state index is -2.93. The van der Waals surface area contributed by atoms with Gasteiger partial charge in [-0.25, -0.2) is 27.5 Å². The molecule has 0 spiro atoms. The van der Waals surface area contributed by atoms with Gasteiger partial charge in [0.2, 0.25) is 0 Å². The summed E-state index contributed by atoms with van der Waals surface area (Å²) in [6.45, 7) is 1.62. The average molecular weight is 485 g/mol. The fourth-order valence-corrected chi connectivity index (χ4v) is 4.11. The van der Waals surface area contributed by atoms with Gasteiger partial charge in [-0.1, -0.05) is 18.2 Å². The number of anilines is 1. The minimum absolute atomic E-state index is 0.0613. The van der Waals surface area contributed by atoms with Gasteiger partial charge in [0.25, 0.3) is 12.0 Å². The number of hydrogen-bond donors (Lipinski definition) is 1. The summed E-state index contributed by atoms with van der Waals surface area (Å²) in [5.74, 6) is -0.674. The molecule has 3 aromatic rings. The van der Waals surface area contributed by atoms with E-state index >= 15 is 0 Å². The number of rotatable bonds is 5. The van der Waals surface area contributed by atoms with E-state index in [0.29, 0.717) is 16.7 Å². The summed E-state index contributed by atoms with van der Waals surface area (Å²) < 4.78 is 55.6. The number of nitrogens with zero attached hydrogens (tertiary/aromatic N) is 3. The molecule has 30 heavy (non-hydrogen) atoms. The Morgan fingerprint density at radius 1 is 1.23 bits per heavy atom.